The van der Waals surface area contributed by atoms with Crippen LogP contribution in [0.5, 0.6) is 17.2 Å². The fourth-order valence-electron chi connectivity index (χ4n) is 3.64. The highest BCUT2D eigenvalue weighted by atomic mass is 35.5. The molecule has 0 saturated carbocycles. The zero-order valence-corrected chi connectivity index (χ0v) is 21.5. The third kappa shape index (κ3) is 6.89. The minimum Gasteiger partial charge on any atom is -0.495 e. The van der Waals surface area contributed by atoms with Crippen LogP contribution in [0.25, 0.3) is 0 Å². The van der Waals surface area contributed by atoms with Crippen molar-refractivity contribution in [3.63, 3.8) is 0 Å². The van der Waals surface area contributed by atoms with Crippen LogP contribution < -0.4 is 19.5 Å². The average molecular weight is 537 g/mol. The van der Waals surface area contributed by atoms with E-state index < -0.39 is 22.0 Å². The van der Waals surface area contributed by atoms with E-state index in [0.717, 1.165) is 5.56 Å². The number of amides is 1. The van der Waals surface area contributed by atoms with Crippen molar-refractivity contribution in [1.82, 2.24) is 4.72 Å². The van der Waals surface area contributed by atoms with Gasteiger partial charge in [0.05, 0.1) is 12.8 Å². The largest absolute Gasteiger partial charge is 0.495 e. The highest BCUT2D eigenvalue weighted by Crippen LogP contribution is 2.30. The van der Waals surface area contributed by atoms with Gasteiger partial charge in [-0.15, -0.1) is 0 Å². The number of carbonyl (C=O) groups is 1. The molecule has 37 heavy (non-hydrogen) atoms. The summed E-state index contributed by atoms with van der Waals surface area (Å²) in [7, 11) is -2.83. The summed E-state index contributed by atoms with van der Waals surface area (Å²) < 4.78 is 40.4. The van der Waals surface area contributed by atoms with Gasteiger partial charge in [-0.05, 0) is 54.4 Å². The Hall–Kier alpha value is -3.85. The van der Waals surface area contributed by atoms with Gasteiger partial charge in [-0.25, -0.2) is 8.42 Å². The zero-order valence-electron chi connectivity index (χ0n) is 19.9. The number of hydrogen-bond acceptors (Lipinski definition) is 5. The molecule has 0 aliphatic carbocycles. The van der Waals surface area contributed by atoms with E-state index in [1.807, 2.05) is 48.5 Å². The van der Waals surface area contributed by atoms with Crippen molar-refractivity contribution in [1.29, 1.82) is 0 Å². The molecule has 0 heterocycles. The Balaban J connectivity index is 1.63. The first kappa shape index (κ1) is 26.2. The van der Waals surface area contributed by atoms with Gasteiger partial charge in [-0.3, -0.25) is 4.79 Å². The molecule has 2 N–H and O–H groups in total. The summed E-state index contributed by atoms with van der Waals surface area (Å²) in [5.74, 6) is 0.563. The summed E-state index contributed by atoms with van der Waals surface area (Å²) in [6, 6.07) is 28.3. The molecule has 4 rings (SSSR count). The van der Waals surface area contributed by atoms with Crippen molar-refractivity contribution in [3.8, 4) is 17.2 Å². The number of carbonyl (C=O) groups excluding carboxylic acids is 1. The van der Waals surface area contributed by atoms with Gasteiger partial charge in [0, 0.05) is 5.02 Å². The molecule has 0 unspecified atom stereocenters. The first-order chi connectivity index (χ1) is 17.9. The predicted octanol–water partition coefficient (Wildman–Crippen LogP) is 5.67. The molecule has 7 nitrogen and oxygen atoms in total. The summed E-state index contributed by atoms with van der Waals surface area (Å²) in [5, 5.41) is 3.04. The standard InChI is InChI=1S/C28H25ClN2O5S/c1-35-26-17-16-21(29)19-27(26)37(33,34)31-24(18-20-10-4-2-5-11-20)28(32)30-23-14-8-9-15-25(23)36-22-12-6-3-7-13-22/h2-17,19,24,31H,18H2,1H3,(H,30,32)/t24-/m1/s1. The lowest BCUT2D eigenvalue weighted by Gasteiger charge is -2.20. The molecule has 0 radical (unpaired) electrons. The van der Waals surface area contributed by atoms with Crippen LogP contribution in [0.1, 0.15) is 5.56 Å². The minimum absolute atomic E-state index is 0.108. The van der Waals surface area contributed by atoms with Crippen molar-refractivity contribution in [2.24, 2.45) is 0 Å². The predicted molar refractivity (Wildman–Crippen MR) is 144 cm³/mol. The number of benzene rings is 4. The van der Waals surface area contributed by atoms with E-state index in [-0.39, 0.29) is 22.1 Å². The molecule has 0 saturated heterocycles. The molecule has 9 heteroatoms. The number of para-hydroxylation sites is 3. The van der Waals surface area contributed by atoms with Crippen LogP contribution >= 0.6 is 11.6 Å². The van der Waals surface area contributed by atoms with Gasteiger partial charge in [-0.1, -0.05) is 72.3 Å². The summed E-state index contributed by atoms with van der Waals surface area (Å²) in [4.78, 5) is 13.3. The lowest BCUT2D eigenvalue weighted by atomic mass is 10.1. The van der Waals surface area contributed by atoms with E-state index in [1.54, 1.807) is 36.4 Å². The van der Waals surface area contributed by atoms with Gasteiger partial charge in [0.2, 0.25) is 15.9 Å². The Bertz CT molecular complexity index is 1460. The number of anilines is 1. The molecule has 0 spiro atoms. The van der Waals surface area contributed by atoms with Gasteiger partial charge in [0.1, 0.15) is 22.4 Å². The van der Waals surface area contributed by atoms with Crippen molar-refractivity contribution < 1.29 is 22.7 Å². The maximum Gasteiger partial charge on any atom is 0.245 e. The van der Waals surface area contributed by atoms with Crippen LogP contribution in [0.3, 0.4) is 0 Å². The molecule has 0 fully saturated rings. The van der Waals surface area contributed by atoms with Gasteiger partial charge in [-0.2, -0.15) is 4.72 Å². The van der Waals surface area contributed by atoms with Gasteiger partial charge < -0.3 is 14.8 Å². The van der Waals surface area contributed by atoms with Crippen LogP contribution in [0.4, 0.5) is 5.69 Å². The number of methoxy groups -OCH3 is 1. The first-order valence-corrected chi connectivity index (χ1v) is 13.2. The highest BCUT2D eigenvalue weighted by molar-refractivity contribution is 7.89. The van der Waals surface area contributed by atoms with E-state index in [9.17, 15) is 13.2 Å². The van der Waals surface area contributed by atoms with Crippen LogP contribution in [0, 0.1) is 0 Å². The molecular weight excluding hydrogens is 512 g/mol. The molecule has 0 aliphatic heterocycles. The van der Waals surface area contributed by atoms with Crippen molar-refractivity contribution in [2.45, 2.75) is 17.4 Å². The zero-order chi connectivity index (χ0) is 26.3. The van der Waals surface area contributed by atoms with E-state index in [4.69, 9.17) is 21.1 Å². The van der Waals surface area contributed by atoms with E-state index in [2.05, 4.69) is 10.0 Å². The Kier molecular flexibility index (Phi) is 8.45. The number of ether oxygens (including phenoxy) is 2. The number of rotatable bonds is 10. The lowest BCUT2D eigenvalue weighted by molar-refractivity contribution is -0.117. The highest BCUT2D eigenvalue weighted by Gasteiger charge is 2.29. The molecule has 190 valence electrons. The molecule has 0 aromatic heterocycles. The molecule has 4 aromatic carbocycles. The van der Waals surface area contributed by atoms with E-state index in [0.29, 0.717) is 17.2 Å². The minimum atomic E-state index is -4.19. The molecule has 4 aromatic rings. The second-order valence-electron chi connectivity index (χ2n) is 8.06. The quantitative estimate of drug-likeness (QED) is 0.272. The summed E-state index contributed by atoms with van der Waals surface area (Å²) in [6.07, 6.45) is 0.108. The number of sulfonamides is 1. The number of hydrogen-bond donors (Lipinski definition) is 2. The fourth-order valence-corrected chi connectivity index (χ4v) is 5.27. The van der Waals surface area contributed by atoms with Crippen LogP contribution in [-0.2, 0) is 21.2 Å². The Labute approximate surface area is 221 Å². The third-order valence-corrected chi connectivity index (χ3v) is 7.16. The molecule has 1 amide bonds. The summed E-state index contributed by atoms with van der Waals surface area (Å²) >= 11 is 6.06. The average Bonchev–Trinajstić information content (AvgIpc) is 2.90. The van der Waals surface area contributed by atoms with Crippen LogP contribution in [0.15, 0.2) is 108 Å². The van der Waals surface area contributed by atoms with Gasteiger partial charge >= 0.3 is 0 Å². The van der Waals surface area contributed by atoms with Crippen molar-refractivity contribution >= 4 is 33.2 Å². The second-order valence-corrected chi connectivity index (χ2v) is 10.2. The summed E-state index contributed by atoms with van der Waals surface area (Å²) in [5.41, 5.74) is 1.17. The Morgan fingerprint density at radius 1 is 0.865 bits per heavy atom. The fraction of sp³-hybridized carbons (Fsp3) is 0.107. The number of nitrogens with one attached hydrogen (secondary N) is 2. The monoisotopic (exact) mass is 536 g/mol. The lowest BCUT2D eigenvalue weighted by Crippen LogP contribution is -2.45. The molecule has 0 aliphatic rings. The van der Waals surface area contributed by atoms with Crippen molar-refractivity contribution in [2.75, 3.05) is 12.4 Å². The first-order valence-electron chi connectivity index (χ1n) is 11.4. The van der Waals surface area contributed by atoms with E-state index >= 15 is 0 Å². The number of halogens is 1. The molecule has 0 bridgehead atoms. The Morgan fingerprint density at radius 2 is 1.51 bits per heavy atom. The normalized spacial score (nSPS) is 11.9. The topological polar surface area (TPSA) is 93.7 Å². The second kappa shape index (κ2) is 11.9. The third-order valence-electron chi connectivity index (χ3n) is 5.43. The maximum atomic E-state index is 13.5. The SMILES string of the molecule is COc1ccc(Cl)cc1S(=O)(=O)N[C@H](Cc1ccccc1)C(=O)Nc1ccccc1Oc1ccccc1. The molecular formula is C28H25ClN2O5S. The Morgan fingerprint density at radius 3 is 2.22 bits per heavy atom. The van der Waals surface area contributed by atoms with E-state index in [1.165, 1.54) is 25.3 Å². The van der Waals surface area contributed by atoms with Crippen molar-refractivity contribution in [3.05, 3.63) is 114 Å². The van der Waals surface area contributed by atoms with Gasteiger partial charge in [0.25, 0.3) is 0 Å². The maximum absolute atomic E-state index is 13.5. The summed E-state index contributed by atoms with van der Waals surface area (Å²) in [6.45, 7) is 0. The molecule has 1 atom stereocenters. The smallest absolute Gasteiger partial charge is 0.245 e. The van der Waals surface area contributed by atoms with Gasteiger partial charge in [0.15, 0.2) is 5.75 Å². The van der Waals surface area contributed by atoms with Crippen LogP contribution in [-0.4, -0.2) is 27.5 Å². The van der Waals surface area contributed by atoms with Crippen LogP contribution in [0.2, 0.25) is 5.02 Å².